The quantitative estimate of drug-likeness (QED) is 0.510. The molecule has 0 radical (unpaired) electrons. The Bertz CT molecular complexity index is 1040. The van der Waals surface area contributed by atoms with Gasteiger partial charge >= 0.3 is 5.97 Å². The molecule has 152 valence electrons. The zero-order chi connectivity index (χ0) is 21.3. The van der Waals surface area contributed by atoms with Crippen molar-refractivity contribution in [2.75, 3.05) is 13.2 Å². The van der Waals surface area contributed by atoms with Crippen molar-refractivity contribution >= 4 is 23.2 Å². The van der Waals surface area contributed by atoms with Gasteiger partial charge in [0, 0.05) is 16.3 Å². The van der Waals surface area contributed by atoms with Gasteiger partial charge in [-0.1, -0.05) is 30.3 Å². The normalized spacial score (nSPS) is 10.3. The minimum atomic E-state index is -0.581. The van der Waals surface area contributed by atoms with Crippen LogP contribution in [0.5, 0.6) is 0 Å². The van der Waals surface area contributed by atoms with Crippen LogP contribution in [0.2, 0.25) is 0 Å². The van der Waals surface area contributed by atoms with Crippen LogP contribution >= 0.6 is 11.3 Å². The van der Waals surface area contributed by atoms with Gasteiger partial charge in [-0.25, -0.2) is 4.79 Å². The lowest BCUT2D eigenvalue weighted by molar-refractivity contribution is -0.135. The molecular formula is C24H22N2O3S. The average Bonchev–Trinajstić information content (AvgIpc) is 3.20. The maximum Gasteiger partial charge on any atom is 0.338 e. The minimum absolute atomic E-state index is 0.237. The third-order valence-electron chi connectivity index (χ3n) is 4.59. The number of thiophene rings is 1. The van der Waals surface area contributed by atoms with Crippen LogP contribution in [0.25, 0.3) is 0 Å². The van der Waals surface area contributed by atoms with Crippen molar-refractivity contribution in [3.63, 3.8) is 0 Å². The van der Waals surface area contributed by atoms with E-state index in [9.17, 15) is 9.59 Å². The zero-order valence-corrected chi connectivity index (χ0v) is 17.5. The maximum atomic E-state index is 12.8. The lowest BCUT2D eigenvalue weighted by Crippen LogP contribution is -2.35. The summed E-state index contributed by atoms with van der Waals surface area (Å²) in [6, 6.07) is 22.2. The van der Waals surface area contributed by atoms with Crippen molar-refractivity contribution in [1.29, 1.82) is 5.26 Å². The first-order valence-electron chi connectivity index (χ1n) is 9.59. The Kier molecular flexibility index (Phi) is 7.36. The summed E-state index contributed by atoms with van der Waals surface area (Å²) in [5.74, 6) is -0.818. The molecule has 0 aliphatic carbocycles. The number of aryl methyl sites for hydroxylation is 1. The number of benzene rings is 2. The molecule has 1 amide bonds. The predicted molar refractivity (Wildman–Crippen MR) is 116 cm³/mol. The summed E-state index contributed by atoms with van der Waals surface area (Å²) in [5.41, 5.74) is 1.92. The number of carbonyl (C=O) groups is 2. The van der Waals surface area contributed by atoms with Crippen LogP contribution in [0.3, 0.4) is 0 Å². The third kappa shape index (κ3) is 6.03. The monoisotopic (exact) mass is 418 g/mol. The second-order valence-electron chi connectivity index (χ2n) is 6.83. The van der Waals surface area contributed by atoms with Gasteiger partial charge in [0.25, 0.3) is 5.91 Å². The molecular weight excluding hydrogens is 396 g/mol. The summed E-state index contributed by atoms with van der Waals surface area (Å²) in [7, 11) is 0. The molecule has 1 heterocycles. The highest BCUT2D eigenvalue weighted by molar-refractivity contribution is 7.11. The molecule has 1 aromatic heterocycles. The minimum Gasteiger partial charge on any atom is -0.452 e. The summed E-state index contributed by atoms with van der Waals surface area (Å²) < 4.78 is 5.23. The van der Waals surface area contributed by atoms with Crippen molar-refractivity contribution in [2.45, 2.75) is 19.9 Å². The second-order valence-corrected chi connectivity index (χ2v) is 8.20. The molecule has 6 heteroatoms. The standard InChI is InChI=1S/C24H22N2O3S/c1-18-7-12-22(30-18)16-26(14-13-19-5-3-2-4-6-19)23(27)17-29-24(28)21-10-8-20(15-25)9-11-21/h2-12H,13-14,16-17H2,1H3. The van der Waals surface area contributed by atoms with Gasteiger partial charge in [0.2, 0.25) is 0 Å². The summed E-state index contributed by atoms with van der Waals surface area (Å²) in [6.45, 7) is 2.73. The fourth-order valence-electron chi connectivity index (χ4n) is 2.94. The molecule has 0 N–H and O–H groups in total. The van der Waals surface area contributed by atoms with Crippen molar-refractivity contribution in [2.24, 2.45) is 0 Å². The highest BCUT2D eigenvalue weighted by atomic mass is 32.1. The fourth-order valence-corrected chi connectivity index (χ4v) is 3.85. The van der Waals surface area contributed by atoms with Gasteiger partial charge in [0.05, 0.1) is 23.7 Å². The molecule has 0 saturated carbocycles. The Hall–Kier alpha value is -3.43. The topological polar surface area (TPSA) is 70.4 Å². The zero-order valence-electron chi connectivity index (χ0n) is 16.7. The van der Waals surface area contributed by atoms with E-state index < -0.39 is 5.97 Å². The van der Waals surface area contributed by atoms with Crippen molar-refractivity contribution < 1.29 is 14.3 Å². The molecule has 0 atom stereocenters. The third-order valence-corrected chi connectivity index (χ3v) is 5.57. The second kappa shape index (κ2) is 10.4. The number of hydrogen-bond acceptors (Lipinski definition) is 5. The van der Waals surface area contributed by atoms with E-state index >= 15 is 0 Å². The van der Waals surface area contributed by atoms with E-state index in [1.54, 1.807) is 28.4 Å². The first kappa shape index (κ1) is 21.3. The summed E-state index contributed by atoms with van der Waals surface area (Å²) in [4.78, 5) is 29.1. The molecule has 0 unspecified atom stereocenters. The smallest absolute Gasteiger partial charge is 0.338 e. The van der Waals surface area contributed by atoms with Crippen molar-refractivity contribution in [3.05, 3.63) is 93.2 Å². The highest BCUT2D eigenvalue weighted by Gasteiger charge is 2.18. The van der Waals surface area contributed by atoms with E-state index in [-0.39, 0.29) is 12.5 Å². The van der Waals surface area contributed by atoms with Crippen LogP contribution in [-0.2, 0) is 22.5 Å². The number of nitrogens with zero attached hydrogens (tertiary/aromatic N) is 2. The number of carbonyl (C=O) groups excluding carboxylic acids is 2. The SMILES string of the molecule is Cc1ccc(CN(CCc2ccccc2)C(=O)COC(=O)c2ccc(C#N)cc2)s1. The summed E-state index contributed by atoms with van der Waals surface area (Å²) >= 11 is 1.65. The molecule has 5 nitrogen and oxygen atoms in total. The molecule has 0 fully saturated rings. The molecule has 30 heavy (non-hydrogen) atoms. The summed E-state index contributed by atoms with van der Waals surface area (Å²) in [6.07, 6.45) is 0.723. The van der Waals surface area contributed by atoms with E-state index in [4.69, 9.17) is 10.00 Å². The van der Waals surface area contributed by atoms with Gasteiger partial charge in [0.15, 0.2) is 6.61 Å². The predicted octanol–water partition coefficient (Wildman–Crippen LogP) is 4.36. The molecule has 3 rings (SSSR count). The molecule has 0 aliphatic rings. The van der Waals surface area contributed by atoms with E-state index in [2.05, 4.69) is 0 Å². The number of rotatable bonds is 8. The number of nitriles is 1. The molecule has 0 saturated heterocycles. The Labute approximate surface area is 180 Å². The van der Waals surface area contributed by atoms with Crippen LogP contribution < -0.4 is 0 Å². The molecule has 2 aromatic carbocycles. The molecule has 0 spiro atoms. The average molecular weight is 419 g/mol. The first-order valence-corrected chi connectivity index (χ1v) is 10.4. The Balaban J connectivity index is 1.62. The van der Waals surface area contributed by atoms with Crippen LogP contribution in [0.15, 0.2) is 66.7 Å². The van der Waals surface area contributed by atoms with Gasteiger partial charge in [-0.15, -0.1) is 11.3 Å². The number of hydrogen-bond donors (Lipinski definition) is 0. The van der Waals surface area contributed by atoms with Crippen LogP contribution in [0.4, 0.5) is 0 Å². The number of esters is 1. The van der Waals surface area contributed by atoms with E-state index in [1.165, 1.54) is 17.0 Å². The first-order chi connectivity index (χ1) is 14.5. The van der Waals surface area contributed by atoms with Gasteiger partial charge in [-0.2, -0.15) is 5.26 Å². The largest absolute Gasteiger partial charge is 0.452 e. The van der Waals surface area contributed by atoms with Crippen LogP contribution in [0, 0.1) is 18.3 Å². The van der Waals surface area contributed by atoms with E-state index in [0.29, 0.717) is 24.2 Å². The summed E-state index contributed by atoms with van der Waals surface area (Å²) in [5, 5.41) is 8.84. The van der Waals surface area contributed by atoms with Gasteiger partial charge in [0.1, 0.15) is 0 Å². The molecule has 3 aromatic rings. The van der Waals surface area contributed by atoms with Crippen LogP contribution in [-0.4, -0.2) is 29.9 Å². The Morgan fingerprint density at radius 3 is 2.40 bits per heavy atom. The molecule has 0 bridgehead atoms. The van der Waals surface area contributed by atoms with Gasteiger partial charge in [-0.05, 0) is 55.3 Å². The van der Waals surface area contributed by atoms with Crippen molar-refractivity contribution in [3.8, 4) is 6.07 Å². The van der Waals surface area contributed by atoms with Crippen LogP contribution in [0.1, 0.15) is 31.2 Å². The lowest BCUT2D eigenvalue weighted by atomic mass is 10.1. The fraction of sp³-hybridized carbons (Fsp3) is 0.208. The Morgan fingerprint density at radius 1 is 1.03 bits per heavy atom. The van der Waals surface area contributed by atoms with Gasteiger partial charge < -0.3 is 9.64 Å². The number of ether oxygens (including phenoxy) is 1. The van der Waals surface area contributed by atoms with E-state index in [1.807, 2.05) is 55.5 Å². The van der Waals surface area contributed by atoms with E-state index in [0.717, 1.165) is 16.9 Å². The van der Waals surface area contributed by atoms with Gasteiger partial charge in [-0.3, -0.25) is 4.79 Å². The number of amides is 1. The molecule has 0 aliphatic heterocycles. The lowest BCUT2D eigenvalue weighted by Gasteiger charge is -2.22. The maximum absolute atomic E-state index is 12.8. The van der Waals surface area contributed by atoms with Crippen molar-refractivity contribution in [1.82, 2.24) is 4.90 Å². The highest BCUT2D eigenvalue weighted by Crippen LogP contribution is 2.18. The Morgan fingerprint density at radius 2 is 1.77 bits per heavy atom.